The number of benzene rings is 1. The van der Waals surface area contributed by atoms with Gasteiger partial charge in [0.25, 0.3) is 0 Å². The summed E-state index contributed by atoms with van der Waals surface area (Å²) in [6.07, 6.45) is 1.80. The number of nitrogens with zero attached hydrogens (tertiary/aromatic N) is 1. The Labute approximate surface area is 111 Å². The van der Waals surface area contributed by atoms with Crippen molar-refractivity contribution >= 4 is 28.6 Å². The van der Waals surface area contributed by atoms with E-state index < -0.39 is 0 Å². The van der Waals surface area contributed by atoms with Crippen molar-refractivity contribution in [1.82, 2.24) is 9.97 Å². The third kappa shape index (κ3) is 2.43. The molecule has 0 saturated carbocycles. The van der Waals surface area contributed by atoms with Crippen LogP contribution in [0.2, 0.25) is 0 Å². The van der Waals surface area contributed by atoms with Crippen molar-refractivity contribution in [3.05, 3.63) is 24.0 Å². The van der Waals surface area contributed by atoms with Gasteiger partial charge in [-0.3, -0.25) is 0 Å². The molecular weight excluding hydrogens is 253 g/mol. The molecule has 2 N–H and O–H groups in total. The largest absolute Gasteiger partial charge is 0.349 e. The lowest BCUT2D eigenvalue weighted by Gasteiger charge is -2.30. The molecule has 98 valence electrons. The highest BCUT2D eigenvalue weighted by molar-refractivity contribution is 6.18. The molecule has 0 spiro atoms. The van der Waals surface area contributed by atoms with Gasteiger partial charge in [0.15, 0.2) is 0 Å². The maximum absolute atomic E-state index is 13.1. The average molecular weight is 270 g/mol. The molecule has 0 saturated heterocycles. The Morgan fingerprint density at radius 1 is 1.39 bits per heavy atom. The number of anilines is 1. The summed E-state index contributed by atoms with van der Waals surface area (Å²) in [5.74, 6) is 0.873. The Morgan fingerprint density at radius 3 is 2.72 bits per heavy atom. The number of H-pyrrole nitrogens is 1. The second-order valence-corrected chi connectivity index (χ2v) is 4.76. The van der Waals surface area contributed by atoms with E-state index in [1.54, 1.807) is 6.07 Å². The van der Waals surface area contributed by atoms with Gasteiger partial charge in [-0.15, -0.1) is 11.6 Å². The molecule has 0 atom stereocenters. The third-order valence-electron chi connectivity index (χ3n) is 3.44. The number of aromatic amines is 1. The van der Waals surface area contributed by atoms with E-state index in [0.717, 1.165) is 18.4 Å². The number of alkyl halides is 1. The Hall–Kier alpha value is -1.29. The smallest absolute Gasteiger partial charge is 0.201 e. The molecule has 0 aliphatic rings. The molecule has 2 aromatic rings. The lowest BCUT2D eigenvalue weighted by atomic mass is 9.96. The van der Waals surface area contributed by atoms with Gasteiger partial charge in [0.05, 0.1) is 16.6 Å². The minimum absolute atomic E-state index is 0.173. The number of halogens is 2. The Morgan fingerprint density at radius 2 is 2.11 bits per heavy atom. The topological polar surface area (TPSA) is 40.7 Å². The standard InChI is InChI=1S/C13H17ClFN3/c1-3-13(4-2,8-14)18-12-16-10-6-5-9(15)7-11(10)17-12/h5-7H,3-4,8H2,1-2H3,(H2,16,17,18). The molecule has 3 nitrogen and oxygen atoms in total. The molecule has 5 heteroatoms. The minimum atomic E-state index is -0.271. The van der Waals surface area contributed by atoms with Crippen molar-refractivity contribution in [2.45, 2.75) is 32.2 Å². The zero-order chi connectivity index (χ0) is 13.2. The first kappa shape index (κ1) is 13.1. The first-order chi connectivity index (χ1) is 8.62. The first-order valence-corrected chi connectivity index (χ1v) is 6.65. The van der Waals surface area contributed by atoms with Gasteiger partial charge in [0, 0.05) is 5.88 Å². The predicted molar refractivity (Wildman–Crippen MR) is 73.7 cm³/mol. The van der Waals surface area contributed by atoms with Gasteiger partial charge in [0.1, 0.15) is 5.82 Å². The highest BCUT2D eigenvalue weighted by Gasteiger charge is 2.25. The number of rotatable bonds is 5. The van der Waals surface area contributed by atoms with Gasteiger partial charge in [-0.25, -0.2) is 9.37 Å². The summed E-state index contributed by atoms with van der Waals surface area (Å²) in [4.78, 5) is 7.46. The number of hydrogen-bond donors (Lipinski definition) is 2. The number of aromatic nitrogens is 2. The van der Waals surface area contributed by atoms with Gasteiger partial charge in [0.2, 0.25) is 5.95 Å². The second-order valence-electron chi connectivity index (χ2n) is 4.49. The molecular formula is C13H17ClFN3. The van der Waals surface area contributed by atoms with E-state index >= 15 is 0 Å². The van der Waals surface area contributed by atoms with Crippen molar-refractivity contribution in [1.29, 1.82) is 0 Å². The van der Waals surface area contributed by atoms with Crippen molar-refractivity contribution in [2.24, 2.45) is 0 Å². The molecule has 0 unspecified atom stereocenters. The van der Waals surface area contributed by atoms with Crippen molar-refractivity contribution in [2.75, 3.05) is 11.2 Å². The van der Waals surface area contributed by atoms with Crippen molar-refractivity contribution < 1.29 is 4.39 Å². The summed E-state index contributed by atoms with van der Waals surface area (Å²) in [7, 11) is 0. The van der Waals surface area contributed by atoms with E-state index in [9.17, 15) is 4.39 Å². The molecule has 0 radical (unpaired) electrons. The normalized spacial score (nSPS) is 12.0. The monoisotopic (exact) mass is 269 g/mol. The quantitative estimate of drug-likeness (QED) is 0.808. The third-order valence-corrected chi connectivity index (χ3v) is 3.95. The average Bonchev–Trinajstić information content (AvgIpc) is 2.77. The number of fused-ring (bicyclic) bond motifs is 1. The van der Waals surface area contributed by atoms with Crippen LogP contribution in [0.15, 0.2) is 18.2 Å². The summed E-state index contributed by atoms with van der Waals surface area (Å²) in [5, 5.41) is 3.33. The predicted octanol–water partition coefficient (Wildman–Crippen LogP) is 3.91. The molecule has 0 bridgehead atoms. The van der Waals surface area contributed by atoms with E-state index in [1.807, 2.05) is 0 Å². The maximum Gasteiger partial charge on any atom is 0.201 e. The Bertz CT molecular complexity index is 526. The molecule has 2 rings (SSSR count). The van der Waals surface area contributed by atoms with Crippen LogP contribution in [0.3, 0.4) is 0 Å². The van der Waals surface area contributed by atoms with Crippen LogP contribution in [-0.4, -0.2) is 21.4 Å². The molecule has 0 amide bonds. The van der Waals surface area contributed by atoms with Gasteiger partial charge in [-0.2, -0.15) is 0 Å². The second kappa shape index (κ2) is 5.14. The van der Waals surface area contributed by atoms with Crippen LogP contribution in [-0.2, 0) is 0 Å². The van der Waals surface area contributed by atoms with Gasteiger partial charge < -0.3 is 10.3 Å². The van der Waals surface area contributed by atoms with E-state index in [0.29, 0.717) is 17.3 Å². The van der Waals surface area contributed by atoms with Crippen molar-refractivity contribution in [3.8, 4) is 0 Å². The highest BCUT2D eigenvalue weighted by Crippen LogP contribution is 2.24. The van der Waals surface area contributed by atoms with Crippen LogP contribution in [0.4, 0.5) is 10.3 Å². The fourth-order valence-corrected chi connectivity index (χ4v) is 2.39. The van der Waals surface area contributed by atoms with E-state index in [4.69, 9.17) is 11.6 Å². The van der Waals surface area contributed by atoms with Crippen LogP contribution in [0.1, 0.15) is 26.7 Å². The van der Waals surface area contributed by atoms with Crippen LogP contribution in [0.25, 0.3) is 11.0 Å². The van der Waals surface area contributed by atoms with Crippen LogP contribution in [0.5, 0.6) is 0 Å². The Balaban J connectivity index is 2.31. The van der Waals surface area contributed by atoms with E-state index in [-0.39, 0.29) is 11.4 Å². The molecule has 1 aromatic heterocycles. The van der Waals surface area contributed by atoms with Gasteiger partial charge >= 0.3 is 0 Å². The summed E-state index contributed by atoms with van der Waals surface area (Å²) < 4.78 is 13.1. The lowest BCUT2D eigenvalue weighted by molar-refractivity contribution is 0.481. The highest BCUT2D eigenvalue weighted by atomic mass is 35.5. The molecule has 18 heavy (non-hydrogen) atoms. The molecule has 0 aliphatic carbocycles. The zero-order valence-corrected chi connectivity index (χ0v) is 11.3. The van der Waals surface area contributed by atoms with Crippen LogP contribution >= 0.6 is 11.6 Å². The Kier molecular flexibility index (Phi) is 3.76. The van der Waals surface area contributed by atoms with E-state index in [2.05, 4.69) is 29.1 Å². The molecule has 0 fully saturated rings. The minimum Gasteiger partial charge on any atom is -0.349 e. The summed E-state index contributed by atoms with van der Waals surface area (Å²) in [5.41, 5.74) is 1.26. The summed E-state index contributed by atoms with van der Waals surface area (Å²) >= 11 is 6.03. The van der Waals surface area contributed by atoms with Gasteiger partial charge in [-0.05, 0) is 31.0 Å². The number of hydrogen-bond acceptors (Lipinski definition) is 2. The van der Waals surface area contributed by atoms with Crippen LogP contribution < -0.4 is 5.32 Å². The van der Waals surface area contributed by atoms with Crippen molar-refractivity contribution in [3.63, 3.8) is 0 Å². The number of imidazole rings is 1. The summed E-state index contributed by atoms with van der Waals surface area (Å²) in [6, 6.07) is 4.50. The molecule has 1 heterocycles. The lowest BCUT2D eigenvalue weighted by Crippen LogP contribution is -2.39. The maximum atomic E-state index is 13.1. The fraction of sp³-hybridized carbons (Fsp3) is 0.462. The first-order valence-electron chi connectivity index (χ1n) is 6.12. The van der Waals surface area contributed by atoms with Gasteiger partial charge in [-0.1, -0.05) is 13.8 Å². The number of nitrogens with one attached hydrogen (secondary N) is 2. The summed E-state index contributed by atoms with van der Waals surface area (Å²) in [6.45, 7) is 4.17. The molecule has 1 aromatic carbocycles. The SMILES string of the molecule is CCC(CC)(CCl)Nc1nc2ccc(F)cc2[nH]1. The fourth-order valence-electron chi connectivity index (χ4n) is 1.94. The molecule has 0 aliphatic heterocycles. The van der Waals surface area contributed by atoms with Crippen LogP contribution in [0, 0.1) is 5.82 Å². The van der Waals surface area contributed by atoms with E-state index in [1.165, 1.54) is 12.1 Å². The zero-order valence-electron chi connectivity index (χ0n) is 10.6.